The molecule has 0 bridgehead atoms. The highest BCUT2D eigenvalue weighted by molar-refractivity contribution is 5.93. The maximum Gasteiger partial charge on any atom is 0.231 e. The van der Waals surface area contributed by atoms with Gasteiger partial charge in [0.1, 0.15) is 0 Å². The maximum atomic E-state index is 12.4. The molecule has 1 saturated heterocycles. The van der Waals surface area contributed by atoms with Crippen LogP contribution in [-0.4, -0.2) is 31.7 Å². The molecule has 1 aromatic carbocycles. The lowest BCUT2D eigenvalue weighted by Gasteiger charge is -2.18. The molecule has 0 aliphatic carbocycles. The second kappa shape index (κ2) is 8.15. The van der Waals surface area contributed by atoms with E-state index in [1.165, 1.54) is 5.56 Å². The van der Waals surface area contributed by atoms with Crippen LogP contribution in [0.25, 0.3) is 0 Å². The molecule has 1 heterocycles. The molecule has 2 unspecified atom stereocenters. The molecule has 21 heavy (non-hydrogen) atoms. The minimum absolute atomic E-state index is 0.0457. The van der Waals surface area contributed by atoms with Gasteiger partial charge >= 0.3 is 0 Å². The number of amides is 1. The van der Waals surface area contributed by atoms with E-state index in [4.69, 9.17) is 4.74 Å². The molecule has 0 radical (unpaired) electrons. The molecule has 2 rings (SSSR count). The second-order valence-electron chi connectivity index (χ2n) is 5.64. The van der Waals surface area contributed by atoms with E-state index in [-0.39, 0.29) is 17.9 Å². The third-order valence-corrected chi connectivity index (χ3v) is 3.83. The van der Waals surface area contributed by atoms with Crippen molar-refractivity contribution in [2.24, 2.45) is 5.92 Å². The molecule has 1 aliphatic rings. The summed E-state index contributed by atoms with van der Waals surface area (Å²) in [5.74, 6) is -0.0591. The number of ether oxygens (including phenoxy) is 1. The summed E-state index contributed by atoms with van der Waals surface area (Å²) in [5.41, 5.74) is 2.17. The van der Waals surface area contributed by atoms with Gasteiger partial charge in [-0.05, 0) is 37.1 Å². The summed E-state index contributed by atoms with van der Waals surface area (Å²) < 4.78 is 5.45. The first kappa shape index (κ1) is 16.0. The van der Waals surface area contributed by atoms with E-state index < -0.39 is 0 Å². The Bertz CT molecular complexity index is 445. The normalized spacial score (nSPS) is 21.4. The largest absolute Gasteiger partial charge is 0.379 e. The number of anilines is 1. The average molecular weight is 290 g/mol. The van der Waals surface area contributed by atoms with Crippen LogP contribution in [0, 0.1) is 5.92 Å². The van der Waals surface area contributed by atoms with Gasteiger partial charge in [0.15, 0.2) is 0 Å². The lowest BCUT2D eigenvalue weighted by molar-refractivity contribution is -0.120. The second-order valence-corrected chi connectivity index (χ2v) is 5.64. The van der Waals surface area contributed by atoms with Crippen LogP contribution < -0.4 is 10.6 Å². The van der Waals surface area contributed by atoms with E-state index in [2.05, 4.69) is 36.6 Å². The Hall–Kier alpha value is -1.39. The van der Waals surface area contributed by atoms with E-state index in [1.807, 2.05) is 12.1 Å². The fraction of sp³-hybridized carbons (Fsp3) is 0.588. The van der Waals surface area contributed by atoms with Crippen LogP contribution >= 0.6 is 0 Å². The minimum Gasteiger partial charge on any atom is -0.379 e. The van der Waals surface area contributed by atoms with Crippen LogP contribution in [-0.2, 0) is 16.0 Å². The molecule has 2 N–H and O–H groups in total. The Balaban J connectivity index is 1.90. The molecular formula is C17H26N2O2. The molecular weight excluding hydrogens is 264 g/mol. The molecule has 1 aliphatic heterocycles. The van der Waals surface area contributed by atoms with Crippen molar-refractivity contribution in [1.29, 1.82) is 0 Å². The van der Waals surface area contributed by atoms with Gasteiger partial charge in [0.2, 0.25) is 5.91 Å². The predicted molar refractivity (Wildman–Crippen MR) is 85.5 cm³/mol. The molecule has 1 fully saturated rings. The van der Waals surface area contributed by atoms with Crippen LogP contribution in [0.2, 0.25) is 0 Å². The SMILES string of the molecule is CCCNC1COCC1C(=O)Nc1ccc(CCC)cc1. The van der Waals surface area contributed by atoms with Crippen molar-refractivity contribution in [3.8, 4) is 0 Å². The van der Waals surface area contributed by atoms with E-state index in [0.29, 0.717) is 13.2 Å². The molecule has 0 spiro atoms. The van der Waals surface area contributed by atoms with Crippen molar-refractivity contribution in [3.05, 3.63) is 29.8 Å². The van der Waals surface area contributed by atoms with E-state index in [0.717, 1.165) is 31.5 Å². The molecule has 1 amide bonds. The van der Waals surface area contributed by atoms with E-state index >= 15 is 0 Å². The Kier molecular flexibility index (Phi) is 6.21. The number of rotatable bonds is 7. The van der Waals surface area contributed by atoms with Gasteiger partial charge < -0.3 is 15.4 Å². The third kappa shape index (κ3) is 4.55. The minimum atomic E-state index is -0.105. The van der Waals surface area contributed by atoms with Crippen LogP contribution in [0.4, 0.5) is 5.69 Å². The molecule has 1 aromatic rings. The lowest BCUT2D eigenvalue weighted by atomic mass is 10.0. The van der Waals surface area contributed by atoms with Gasteiger partial charge in [0.25, 0.3) is 0 Å². The Morgan fingerprint density at radius 2 is 1.95 bits per heavy atom. The summed E-state index contributed by atoms with van der Waals surface area (Å²) in [6, 6.07) is 8.25. The fourth-order valence-electron chi connectivity index (χ4n) is 2.62. The Morgan fingerprint density at radius 1 is 1.19 bits per heavy atom. The third-order valence-electron chi connectivity index (χ3n) is 3.83. The van der Waals surface area contributed by atoms with Crippen molar-refractivity contribution in [2.45, 2.75) is 39.2 Å². The van der Waals surface area contributed by atoms with E-state index in [9.17, 15) is 4.79 Å². The summed E-state index contributed by atoms with van der Waals surface area (Å²) in [6.07, 6.45) is 3.27. The zero-order valence-electron chi connectivity index (χ0n) is 13.0. The number of benzene rings is 1. The van der Waals surface area contributed by atoms with Gasteiger partial charge in [-0.15, -0.1) is 0 Å². The summed E-state index contributed by atoms with van der Waals surface area (Å²) in [7, 11) is 0. The number of aryl methyl sites for hydroxylation is 1. The van der Waals surface area contributed by atoms with Crippen molar-refractivity contribution >= 4 is 11.6 Å². The zero-order valence-corrected chi connectivity index (χ0v) is 13.0. The first-order valence-corrected chi connectivity index (χ1v) is 7.95. The van der Waals surface area contributed by atoms with Gasteiger partial charge in [0.05, 0.1) is 19.1 Å². The highest BCUT2D eigenvalue weighted by atomic mass is 16.5. The zero-order chi connectivity index (χ0) is 15.1. The smallest absolute Gasteiger partial charge is 0.231 e. The van der Waals surface area contributed by atoms with Gasteiger partial charge in [0, 0.05) is 11.7 Å². The first-order chi connectivity index (χ1) is 10.2. The van der Waals surface area contributed by atoms with Crippen molar-refractivity contribution in [2.75, 3.05) is 25.1 Å². The predicted octanol–water partition coefficient (Wildman–Crippen LogP) is 2.59. The Morgan fingerprint density at radius 3 is 2.62 bits per heavy atom. The maximum absolute atomic E-state index is 12.4. The standard InChI is InChI=1S/C17H26N2O2/c1-3-5-13-6-8-14(9-7-13)19-17(20)15-11-21-12-16(15)18-10-4-2/h6-9,15-16,18H,3-5,10-12H2,1-2H3,(H,19,20). The average Bonchev–Trinajstić information content (AvgIpc) is 2.96. The van der Waals surface area contributed by atoms with Crippen LogP contribution in [0.1, 0.15) is 32.3 Å². The summed E-state index contributed by atoms with van der Waals surface area (Å²) in [5, 5.41) is 6.39. The van der Waals surface area contributed by atoms with Gasteiger partial charge in [-0.1, -0.05) is 32.4 Å². The number of hydrogen-bond donors (Lipinski definition) is 2. The fourth-order valence-corrected chi connectivity index (χ4v) is 2.62. The van der Waals surface area contributed by atoms with Crippen LogP contribution in [0.3, 0.4) is 0 Å². The number of nitrogens with one attached hydrogen (secondary N) is 2. The number of hydrogen-bond acceptors (Lipinski definition) is 3. The van der Waals surface area contributed by atoms with Gasteiger partial charge in [-0.25, -0.2) is 0 Å². The molecule has 4 heteroatoms. The first-order valence-electron chi connectivity index (χ1n) is 7.95. The number of carbonyl (C=O) groups is 1. The summed E-state index contributed by atoms with van der Waals surface area (Å²) in [4.78, 5) is 12.4. The molecule has 0 aromatic heterocycles. The van der Waals surface area contributed by atoms with Crippen molar-refractivity contribution in [3.63, 3.8) is 0 Å². The molecule has 0 saturated carbocycles. The molecule has 4 nitrogen and oxygen atoms in total. The highest BCUT2D eigenvalue weighted by Gasteiger charge is 2.33. The highest BCUT2D eigenvalue weighted by Crippen LogP contribution is 2.18. The van der Waals surface area contributed by atoms with Crippen molar-refractivity contribution < 1.29 is 9.53 Å². The Labute approximate surface area is 127 Å². The molecule has 2 atom stereocenters. The van der Waals surface area contributed by atoms with Crippen molar-refractivity contribution in [1.82, 2.24) is 5.32 Å². The number of carbonyl (C=O) groups excluding carboxylic acids is 1. The molecule has 116 valence electrons. The quantitative estimate of drug-likeness (QED) is 0.811. The topological polar surface area (TPSA) is 50.4 Å². The monoisotopic (exact) mass is 290 g/mol. The van der Waals surface area contributed by atoms with Crippen LogP contribution in [0.5, 0.6) is 0 Å². The summed E-state index contributed by atoms with van der Waals surface area (Å²) >= 11 is 0. The van der Waals surface area contributed by atoms with Gasteiger partial charge in [-0.3, -0.25) is 4.79 Å². The van der Waals surface area contributed by atoms with E-state index in [1.54, 1.807) is 0 Å². The van der Waals surface area contributed by atoms with Gasteiger partial charge in [-0.2, -0.15) is 0 Å². The summed E-state index contributed by atoms with van der Waals surface area (Å²) in [6.45, 7) is 6.33. The lowest BCUT2D eigenvalue weighted by Crippen LogP contribution is -2.41. The van der Waals surface area contributed by atoms with Crippen LogP contribution in [0.15, 0.2) is 24.3 Å².